The minimum atomic E-state index is 0.168. The Morgan fingerprint density at radius 2 is 2.11 bits per heavy atom. The monoisotopic (exact) mass is 246 g/mol. The van der Waals surface area contributed by atoms with Crippen LogP contribution in [0, 0.1) is 25.7 Å². The first-order chi connectivity index (χ1) is 8.50. The van der Waals surface area contributed by atoms with Crippen molar-refractivity contribution in [2.24, 2.45) is 11.8 Å². The lowest BCUT2D eigenvalue weighted by atomic mass is 9.85. The fourth-order valence-electron chi connectivity index (χ4n) is 3.56. The van der Waals surface area contributed by atoms with E-state index in [1.54, 1.807) is 0 Å². The summed E-state index contributed by atoms with van der Waals surface area (Å²) < 4.78 is 0. The van der Waals surface area contributed by atoms with Gasteiger partial charge in [0.15, 0.2) is 5.82 Å². The Labute approximate surface area is 109 Å². The van der Waals surface area contributed by atoms with Crippen molar-refractivity contribution < 1.29 is 0 Å². The second-order valence-electron chi connectivity index (χ2n) is 6.21. The molecule has 3 rings (SSSR count). The second-order valence-corrected chi connectivity index (χ2v) is 6.21. The summed E-state index contributed by atoms with van der Waals surface area (Å²) in [5.41, 5.74) is 2.21. The number of fused-ring (bicyclic) bond motifs is 1. The molecular weight excluding hydrogens is 224 g/mol. The zero-order valence-electron chi connectivity index (χ0n) is 11.7. The molecule has 0 aromatic carbocycles. The van der Waals surface area contributed by atoms with Crippen molar-refractivity contribution in [3.8, 4) is 0 Å². The molecule has 18 heavy (non-hydrogen) atoms. The molecule has 4 heteroatoms. The van der Waals surface area contributed by atoms with E-state index < -0.39 is 0 Å². The molecule has 1 aromatic heterocycles. The number of hydrogen-bond donors (Lipinski definition) is 1. The molecule has 0 bridgehead atoms. The molecule has 1 aromatic rings. The van der Waals surface area contributed by atoms with E-state index in [1.165, 1.54) is 0 Å². The largest absolute Gasteiger partial charge is 0.349 e. The Morgan fingerprint density at radius 3 is 2.83 bits per heavy atom. The van der Waals surface area contributed by atoms with E-state index in [0.29, 0.717) is 0 Å². The second kappa shape index (κ2) is 3.92. The van der Waals surface area contributed by atoms with E-state index in [1.807, 2.05) is 13.1 Å². The van der Waals surface area contributed by atoms with Gasteiger partial charge in [0.2, 0.25) is 0 Å². The van der Waals surface area contributed by atoms with Crippen molar-refractivity contribution in [1.29, 1.82) is 0 Å². The molecule has 0 spiro atoms. The number of hydrogen-bond acceptors (Lipinski definition) is 4. The van der Waals surface area contributed by atoms with Gasteiger partial charge in [-0.25, -0.2) is 4.98 Å². The van der Waals surface area contributed by atoms with Gasteiger partial charge in [-0.2, -0.15) is 0 Å². The molecule has 2 aliphatic heterocycles. The lowest BCUT2D eigenvalue weighted by Crippen LogP contribution is -2.45. The fourth-order valence-corrected chi connectivity index (χ4v) is 3.56. The summed E-state index contributed by atoms with van der Waals surface area (Å²) in [6.07, 6.45) is 1.85. The van der Waals surface area contributed by atoms with Gasteiger partial charge in [0.05, 0.1) is 11.4 Å². The highest BCUT2D eigenvalue weighted by molar-refractivity contribution is 5.48. The van der Waals surface area contributed by atoms with Crippen molar-refractivity contribution in [2.45, 2.75) is 33.2 Å². The average molecular weight is 246 g/mol. The van der Waals surface area contributed by atoms with Crippen LogP contribution in [0.15, 0.2) is 6.20 Å². The minimum Gasteiger partial charge on any atom is -0.349 e. The van der Waals surface area contributed by atoms with Crippen LogP contribution in [0.5, 0.6) is 0 Å². The normalized spacial score (nSPS) is 29.7. The molecule has 0 saturated carbocycles. The zero-order chi connectivity index (χ0) is 12.9. The molecule has 2 atom stereocenters. The Hall–Kier alpha value is -1.16. The third-order valence-electron chi connectivity index (χ3n) is 4.67. The molecule has 1 N–H and O–H groups in total. The zero-order valence-corrected chi connectivity index (χ0v) is 11.7. The summed E-state index contributed by atoms with van der Waals surface area (Å²) in [5.74, 6) is 2.55. The van der Waals surface area contributed by atoms with Gasteiger partial charge in [-0.15, -0.1) is 0 Å². The van der Waals surface area contributed by atoms with Crippen LogP contribution < -0.4 is 10.2 Å². The third-order valence-corrected chi connectivity index (χ3v) is 4.67. The van der Waals surface area contributed by atoms with Gasteiger partial charge in [-0.3, -0.25) is 4.98 Å². The van der Waals surface area contributed by atoms with Crippen molar-refractivity contribution >= 4 is 5.82 Å². The summed E-state index contributed by atoms with van der Waals surface area (Å²) in [6, 6.07) is 0. The van der Waals surface area contributed by atoms with Crippen LogP contribution in [0.4, 0.5) is 5.82 Å². The van der Waals surface area contributed by atoms with Crippen molar-refractivity contribution in [1.82, 2.24) is 15.3 Å². The summed E-state index contributed by atoms with van der Waals surface area (Å²) in [4.78, 5) is 11.7. The maximum Gasteiger partial charge on any atom is 0.150 e. The first-order valence-corrected chi connectivity index (χ1v) is 6.78. The van der Waals surface area contributed by atoms with E-state index in [0.717, 1.165) is 48.7 Å². The van der Waals surface area contributed by atoms with Crippen molar-refractivity contribution in [3.63, 3.8) is 0 Å². The Bertz CT molecular complexity index is 469. The Balaban J connectivity index is 2.00. The number of rotatable bonds is 1. The summed E-state index contributed by atoms with van der Waals surface area (Å²) in [7, 11) is 0. The average Bonchev–Trinajstić information content (AvgIpc) is 2.85. The predicted octanol–water partition coefficient (Wildman–Crippen LogP) is 1.53. The fraction of sp³-hybridized carbons (Fsp3) is 0.714. The maximum atomic E-state index is 4.72. The molecule has 0 radical (unpaired) electrons. The van der Waals surface area contributed by atoms with Crippen LogP contribution in [0.2, 0.25) is 0 Å². The van der Waals surface area contributed by atoms with Gasteiger partial charge < -0.3 is 10.2 Å². The summed E-state index contributed by atoms with van der Waals surface area (Å²) in [5, 5.41) is 3.52. The number of aryl methyl sites for hydroxylation is 2. The Morgan fingerprint density at radius 1 is 1.33 bits per heavy atom. The molecule has 3 heterocycles. The van der Waals surface area contributed by atoms with Gasteiger partial charge in [0.1, 0.15) is 0 Å². The number of nitrogens with zero attached hydrogens (tertiary/aromatic N) is 3. The smallest absolute Gasteiger partial charge is 0.150 e. The number of anilines is 1. The van der Waals surface area contributed by atoms with E-state index in [2.05, 4.69) is 36.0 Å². The van der Waals surface area contributed by atoms with E-state index in [9.17, 15) is 0 Å². The first kappa shape index (κ1) is 11.9. The highest BCUT2D eigenvalue weighted by Crippen LogP contribution is 2.43. The lowest BCUT2D eigenvalue weighted by Gasteiger charge is -2.37. The lowest BCUT2D eigenvalue weighted by molar-refractivity contribution is 0.355. The van der Waals surface area contributed by atoms with E-state index in [-0.39, 0.29) is 5.54 Å². The summed E-state index contributed by atoms with van der Waals surface area (Å²) in [6.45, 7) is 12.1. The number of aromatic nitrogens is 2. The Kier molecular flexibility index (Phi) is 2.59. The first-order valence-electron chi connectivity index (χ1n) is 6.78. The van der Waals surface area contributed by atoms with Gasteiger partial charge in [0, 0.05) is 31.4 Å². The molecule has 0 aliphatic carbocycles. The minimum absolute atomic E-state index is 0.168. The molecule has 98 valence electrons. The molecule has 4 nitrogen and oxygen atoms in total. The van der Waals surface area contributed by atoms with Crippen LogP contribution in [0.25, 0.3) is 0 Å². The van der Waals surface area contributed by atoms with E-state index in [4.69, 9.17) is 4.98 Å². The molecule has 2 saturated heterocycles. The molecule has 2 aliphatic rings. The van der Waals surface area contributed by atoms with Crippen LogP contribution in [-0.2, 0) is 0 Å². The van der Waals surface area contributed by atoms with Crippen LogP contribution in [0.3, 0.4) is 0 Å². The van der Waals surface area contributed by atoms with Crippen molar-refractivity contribution in [2.75, 3.05) is 24.5 Å². The topological polar surface area (TPSA) is 41.1 Å². The molecular formula is C14H22N4. The molecule has 2 unspecified atom stereocenters. The van der Waals surface area contributed by atoms with Gasteiger partial charge in [0.25, 0.3) is 0 Å². The third kappa shape index (κ3) is 1.62. The van der Waals surface area contributed by atoms with Crippen LogP contribution in [-0.4, -0.2) is 35.1 Å². The molecule has 2 fully saturated rings. The maximum absolute atomic E-state index is 4.72. The number of nitrogens with one attached hydrogen (secondary N) is 1. The SMILES string of the molecule is Cc1cnc(C)c(N2CC3CNCC3C2(C)C)n1. The van der Waals surface area contributed by atoms with E-state index >= 15 is 0 Å². The highest BCUT2D eigenvalue weighted by Gasteiger charge is 2.50. The standard InChI is InChI=1S/C14H22N4/c1-9-5-16-10(2)13(17-9)18-8-11-6-15-7-12(11)14(18,3)4/h5,11-12,15H,6-8H2,1-4H3. The quantitative estimate of drug-likeness (QED) is 0.816. The van der Waals surface area contributed by atoms with Gasteiger partial charge in [-0.1, -0.05) is 0 Å². The molecule has 0 amide bonds. The summed E-state index contributed by atoms with van der Waals surface area (Å²) >= 11 is 0. The predicted molar refractivity (Wildman–Crippen MR) is 72.8 cm³/mol. The van der Waals surface area contributed by atoms with Crippen molar-refractivity contribution in [3.05, 3.63) is 17.6 Å². The van der Waals surface area contributed by atoms with Gasteiger partial charge >= 0.3 is 0 Å². The van der Waals surface area contributed by atoms with Crippen LogP contribution in [0.1, 0.15) is 25.2 Å². The van der Waals surface area contributed by atoms with Gasteiger partial charge in [-0.05, 0) is 39.5 Å². The van der Waals surface area contributed by atoms with Crippen LogP contribution >= 0.6 is 0 Å². The highest BCUT2D eigenvalue weighted by atomic mass is 15.3.